The minimum Gasteiger partial charge on any atom is -0.361 e. The first-order valence-electron chi connectivity index (χ1n) is 4.32. The Morgan fingerprint density at radius 2 is 2.00 bits per heavy atom. The molecule has 1 saturated carbocycles. The van der Waals surface area contributed by atoms with Gasteiger partial charge in [0.25, 0.3) is 0 Å². The molecule has 0 bridgehead atoms. The van der Waals surface area contributed by atoms with Crippen LogP contribution in [0.15, 0.2) is 0 Å². The van der Waals surface area contributed by atoms with Crippen molar-refractivity contribution in [2.75, 3.05) is 6.73 Å². The molecule has 0 spiro atoms. The lowest BCUT2D eigenvalue weighted by molar-refractivity contribution is 0.0966. The highest BCUT2D eigenvalue weighted by atomic mass is 16.5. The zero-order valence-corrected chi connectivity index (χ0v) is 6.31. The van der Waals surface area contributed by atoms with Crippen molar-refractivity contribution in [2.45, 2.75) is 44.2 Å². The Morgan fingerprint density at radius 1 is 1.10 bits per heavy atom. The third-order valence-corrected chi connectivity index (χ3v) is 2.60. The molecule has 10 heavy (non-hydrogen) atoms. The number of hydrogen-bond donors (Lipinski definition) is 1. The molecular formula is C8H15NO. The summed E-state index contributed by atoms with van der Waals surface area (Å²) in [5, 5.41) is 3.38. The zero-order chi connectivity index (χ0) is 6.81. The van der Waals surface area contributed by atoms with Gasteiger partial charge in [0.15, 0.2) is 0 Å². The van der Waals surface area contributed by atoms with Crippen LogP contribution in [0.3, 0.4) is 0 Å². The molecule has 0 aromatic carbocycles. The van der Waals surface area contributed by atoms with Gasteiger partial charge in [-0.2, -0.15) is 0 Å². The van der Waals surface area contributed by atoms with Crippen molar-refractivity contribution in [1.29, 1.82) is 0 Å². The van der Waals surface area contributed by atoms with Crippen molar-refractivity contribution >= 4 is 0 Å². The largest absolute Gasteiger partial charge is 0.361 e. The van der Waals surface area contributed by atoms with E-state index in [9.17, 15) is 0 Å². The second kappa shape index (κ2) is 2.89. The highest BCUT2D eigenvalue weighted by Crippen LogP contribution is 2.23. The van der Waals surface area contributed by atoms with Crippen LogP contribution < -0.4 is 5.32 Å². The van der Waals surface area contributed by atoms with Gasteiger partial charge in [-0.05, 0) is 12.8 Å². The number of fused-ring (bicyclic) bond motifs is 1. The van der Waals surface area contributed by atoms with Crippen LogP contribution in [-0.4, -0.2) is 18.9 Å². The average molecular weight is 141 g/mol. The van der Waals surface area contributed by atoms with Crippen LogP contribution in [0.2, 0.25) is 0 Å². The van der Waals surface area contributed by atoms with Gasteiger partial charge in [0, 0.05) is 6.04 Å². The van der Waals surface area contributed by atoms with E-state index in [0.29, 0.717) is 12.1 Å². The molecule has 2 fully saturated rings. The first kappa shape index (κ1) is 6.62. The molecule has 0 aromatic rings. The molecule has 0 amide bonds. The van der Waals surface area contributed by atoms with Crippen molar-refractivity contribution in [2.24, 2.45) is 0 Å². The van der Waals surface area contributed by atoms with Crippen LogP contribution in [0.25, 0.3) is 0 Å². The van der Waals surface area contributed by atoms with Crippen LogP contribution in [-0.2, 0) is 4.74 Å². The predicted octanol–water partition coefficient (Wildman–Crippen LogP) is 1.26. The van der Waals surface area contributed by atoms with Gasteiger partial charge in [0.1, 0.15) is 0 Å². The molecule has 0 unspecified atom stereocenters. The molecule has 1 N–H and O–H groups in total. The van der Waals surface area contributed by atoms with Crippen molar-refractivity contribution in [1.82, 2.24) is 5.32 Å². The summed E-state index contributed by atoms with van der Waals surface area (Å²) in [7, 11) is 0. The summed E-state index contributed by atoms with van der Waals surface area (Å²) >= 11 is 0. The monoisotopic (exact) mass is 141 g/mol. The van der Waals surface area contributed by atoms with Gasteiger partial charge >= 0.3 is 0 Å². The molecular weight excluding hydrogens is 126 g/mol. The van der Waals surface area contributed by atoms with Crippen LogP contribution in [0.1, 0.15) is 32.1 Å². The first-order chi connectivity index (χ1) is 4.97. The van der Waals surface area contributed by atoms with Gasteiger partial charge in [0.2, 0.25) is 0 Å². The van der Waals surface area contributed by atoms with Crippen LogP contribution >= 0.6 is 0 Å². The summed E-state index contributed by atoms with van der Waals surface area (Å²) in [6, 6.07) is 0.683. The topological polar surface area (TPSA) is 21.3 Å². The molecule has 2 nitrogen and oxygen atoms in total. The second-order valence-corrected chi connectivity index (χ2v) is 3.30. The maximum atomic E-state index is 5.53. The Balaban J connectivity index is 1.95. The van der Waals surface area contributed by atoms with Gasteiger partial charge < -0.3 is 4.74 Å². The van der Waals surface area contributed by atoms with E-state index in [-0.39, 0.29) is 0 Å². The van der Waals surface area contributed by atoms with Gasteiger partial charge in [-0.1, -0.05) is 19.3 Å². The van der Waals surface area contributed by atoms with Crippen LogP contribution in [0.4, 0.5) is 0 Å². The van der Waals surface area contributed by atoms with Gasteiger partial charge in [-0.25, -0.2) is 0 Å². The number of rotatable bonds is 0. The molecule has 1 aliphatic heterocycles. The smallest absolute Gasteiger partial charge is 0.0972 e. The minimum absolute atomic E-state index is 0.544. The van der Waals surface area contributed by atoms with Crippen LogP contribution in [0, 0.1) is 0 Å². The summed E-state index contributed by atoms with van der Waals surface area (Å²) < 4.78 is 5.53. The predicted molar refractivity (Wildman–Crippen MR) is 39.7 cm³/mol. The standard InChI is InChI=1S/C8H15NO/c1-2-4-7-8(5-3-1)10-6-9-7/h7-9H,1-6H2/t7-,8-/m0/s1. The Hall–Kier alpha value is -0.0800. The van der Waals surface area contributed by atoms with E-state index in [1.165, 1.54) is 32.1 Å². The Kier molecular flexibility index (Phi) is 1.91. The quantitative estimate of drug-likeness (QED) is 0.548. The molecule has 2 aliphatic rings. The van der Waals surface area contributed by atoms with E-state index < -0.39 is 0 Å². The third kappa shape index (κ3) is 1.18. The average Bonchev–Trinajstić information content (AvgIpc) is 2.28. The highest BCUT2D eigenvalue weighted by molar-refractivity contribution is 4.82. The molecule has 2 rings (SSSR count). The van der Waals surface area contributed by atoms with Crippen molar-refractivity contribution in [3.63, 3.8) is 0 Å². The lowest BCUT2D eigenvalue weighted by atomic mass is 10.1. The summed E-state index contributed by atoms with van der Waals surface area (Å²) in [4.78, 5) is 0. The van der Waals surface area contributed by atoms with Gasteiger partial charge in [0.05, 0.1) is 12.8 Å². The summed E-state index contributed by atoms with van der Waals surface area (Å²) in [5.74, 6) is 0. The Labute approximate surface area is 61.9 Å². The van der Waals surface area contributed by atoms with Gasteiger partial charge in [-0.3, -0.25) is 5.32 Å². The summed E-state index contributed by atoms with van der Waals surface area (Å²) in [6.45, 7) is 0.787. The van der Waals surface area contributed by atoms with Crippen LogP contribution in [0.5, 0.6) is 0 Å². The summed E-state index contributed by atoms with van der Waals surface area (Å²) in [6.07, 6.45) is 7.29. The van der Waals surface area contributed by atoms with E-state index in [1.807, 2.05) is 0 Å². The van der Waals surface area contributed by atoms with E-state index in [2.05, 4.69) is 5.32 Å². The molecule has 58 valence electrons. The fraction of sp³-hybridized carbons (Fsp3) is 1.00. The molecule has 2 heteroatoms. The fourth-order valence-electron chi connectivity index (χ4n) is 1.97. The van der Waals surface area contributed by atoms with E-state index >= 15 is 0 Å². The lowest BCUT2D eigenvalue weighted by Gasteiger charge is -2.12. The molecule has 2 atom stereocenters. The second-order valence-electron chi connectivity index (χ2n) is 3.30. The highest BCUT2D eigenvalue weighted by Gasteiger charge is 2.28. The van der Waals surface area contributed by atoms with Crippen molar-refractivity contribution < 1.29 is 4.74 Å². The fourth-order valence-corrected chi connectivity index (χ4v) is 1.97. The van der Waals surface area contributed by atoms with E-state index in [0.717, 1.165) is 6.73 Å². The maximum absolute atomic E-state index is 5.53. The number of nitrogens with one attached hydrogen (secondary N) is 1. The summed E-state index contributed by atoms with van der Waals surface area (Å²) in [5.41, 5.74) is 0. The van der Waals surface area contributed by atoms with Crippen molar-refractivity contribution in [3.05, 3.63) is 0 Å². The first-order valence-corrected chi connectivity index (χ1v) is 4.32. The van der Waals surface area contributed by atoms with Gasteiger partial charge in [-0.15, -0.1) is 0 Å². The van der Waals surface area contributed by atoms with Crippen molar-refractivity contribution in [3.8, 4) is 0 Å². The van der Waals surface area contributed by atoms with E-state index in [4.69, 9.17) is 4.74 Å². The molecule has 0 radical (unpaired) electrons. The maximum Gasteiger partial charge on any atom is 0.0972 e. The molecule has 0 aromatic heterocycles. The minimum atomic E-state index is 0.544. The third-order valence-electron chi connectivity index (χ3n) is 2.60. The number of ether oxygens (including phenoxy) is 1. The number of hydrogen-bond acceptors (Lipinski definition) is 2. The molecule has 1 saturated heterocycles. The SMILES string of the molecule is C1CC[C@@H]2NCO[C@H]2CC1. The lowest BCUT2D eigenvalue weighted by Crippen LogP contribution is -2.29. The normalized spacial score (nSPS) is 40.8. The zero-order valence-electron chi connectivity index (χ0n) is 6.31. The van der Waals surface area contributed by atoms with E-state index in [1.54, 1.807) is 0 Å². The Morgan fingerprint density at radius 3 is 3.00 bits per heavy atom. The molecule has 1 aliphatic carbocycles. The molecule has 1 heterocycles. The Bertz CT molecular complexity index is 104.